The first-order chi connectivity index (χ1) is 9.72. The summed E-state index contributed by atoms with van der Waals surface area (Å²) >= 11 is 0. The van der Waals surface area contributed by atoms with E-state index in [2.05, 4.69) is 5.32 Å². The number of carbonyl (C=O) groups excluding carboxylic acids is 1. The molecular weight excluding hydrogens is 263 g/mol. The first-order valence-electron chi connectivity index (χ1n) is 6.68. The number of benzene rings is 1. The van der Waals surface area contributed by atoms with Crippen molar-refractivity contribution >= 4 is 11.7 Å². The van der Waals surface area contributed by atoms with Crippen LogP contribution in [0.2, 0.25) is 0 Å². The highest BCUT2D eigenvalue weighted by Gasteiger charge is 2.25. The van der Waals surface area contributed by atoms with Gasteiger partial charge >= 0.3 is 6.03 Å². The van der Waals surface area contributed by atoms with Crippen molar-refractivity contribution in [1.29, 1.82) is 0 Å². The van der Waals surface area contributed by atoms with E-state index in [4.69, 9.17) is 9.84 Å². The highest BCUT2D eigenvalue weighted by Crippen LogP contribution is 2.20. The molecule has 1 fully saturated rings. The molecule has 2 amide bonds. The van der Waals surface area contributed by atoms with Crippen LogP contribution in [0, 0.1) is 5.92 Å². The van der Waals surface area contributed by atoms with Gasteiger partial charge < -0.3 is 20.1 Å². The number of ether oxygens (including phenoxy) is 1. The number of nitrogens with zero attached hydrogens (tertiary/aromatic N) is 1. The van der Waals surface area contributed by atoms with Crippen LogP contribution in [0.1, 0.15) is 6.42 Å². The second-order valence-corrected chi connectivity index (χ2v) is 4.78. The van der Waals surface area contributed by atoms with Crippen LogP contribution in [0.4, 0.5) is 14.9 Å². The van der Waals surface area contributed by atoms with Gasteiger partial charge in [0.05, 0.1) is 0 Å². The summed E-state index contributed by atoms with van der Waals surface area (Å²) < 4.78 is 17.2. The van der Waals surface area contributed by atoms with E-state index in [-0.39, 0.29) is 25.2 Å². The van der Waals surface area contributed by atoms with Crippen LogP contribution in [0.5, 0.6) is 5.75 Å². The van der Waals surface area contributed by atoms with Gasteiger partial charge in [-0.15, -0.1) is 0 Å². The normalized spacial score (nSPS) is 18.1. The summed E-state index contributed by atoms with van der Waals surface area (Å²) in [7, 11) is 0. The van der Waals surface area contributed by atoms with Crippen molar-refractivity contribution in [2.75, 3.05) is 38.3 Å². The maximum absolute atomic E-state index is 12.0. The number of halogens is 1. The monoisotopic (exact) mass is 282 g/mol. The molecule has 1 unspecified atom stereocenters. The third kappa shape index (κ3) is 3.84. The Labute approximate surface area is 117 Å². The van der Waals surface area contributed by atoms with Crippen LogP contribution in [0.15, 0.2) is 24.3 Å². The third-order valence-electron chi connectivity index (χ3n) is 3.26. The van der Waals surface area contributed by atoms with Crippen LogP contribution >= 0.6 is 0 Å². The SMILES string of the molecule is O=C(Nc1cccc(OCCF)c1)N1CCC(CO)C1. The van der Waals surface area contributed by atoms with Crippen molar-refractivity contribution in [2.45, 2.75) is 6.42 Å². The standard InChI is InChI=1S/C14H19FN2O3/c15-5-7-20-13-3-1-2-12(8-13)16-14(19)17-6-4-11(9-17)10-18/h1-3,8,11,18H,4-7,9-10H2,(H,16,19). The lowest BCUT2D eigenvalue weighted by Crippen LogP contribution is -2.33. The smallest absolute Gasteiger partial charge is 0.321 e. The Hall–Kier alpha value is -1.82. The Bertz CT molecular complexity index is 456. The van der Waals surface area contributed by atoms with E-state index in [0.717, 1.165) is 6.42 Å². The van der Waals surface area contributed by atoms with Crippen molar-refractivity contribution < 1.29 is 19.0 Å². The van der Waals surface area contributed by atoms with E-state index in [1.165, 1.54) is 0 Å². The minimum absolute atomic E-state index is 0.00169. The molecule has 5 nitrogen and oxygen atoms in total. The highest BCUT2D eigenvalue weighted by atomic mass is 19.1. The minimum Gasteiger partial charge on any atom is -0.491 e. The summed E-state index contributed by atoms with van der Waals surface area (Å²) in [6, 6.07) is 6.67. The molecule has 1 aliphatic heterocycles. The average Bonchev–Trinajstić information content (AvgIpc) is 2.94. The van der Waals surface area contributed by atoms with E-state index in [0.29, 0.717) is 24.5 Å². The van der Waals surface area contributed by atoms with E-state index in [9.17, 15) is 9.18 Å². The molecule has 2 N–H and O–H groups in total. The molecule has 0 aromatic heterocycles. The van der Waals surface area contributed by atoms with Gasteiger partial charge in [-0.2, -0.15) is 0 Å². The summed E-state index contributed by atoms with van der Waals surface area (Å²) in [5, 5.41) is 11.8. The van der Waals surface area contributed by atoms with Crippen molar-refractivity contribution in [3.05, 3.63) is 24.3 Å². The maximum atomic E-state index is 12.0. The van der Waals surface area contributed by atoms with Gasteiger partial charge in [0.25, 0.3) is 0 Å². The Kier molecular flexibility index (Phi) is 5.17. The number of alkyl halides is 1. The Balaban J connectivity index is 1.91. The summed E-state index contributed by atoms with van der Waals surface area (Å²) in [5.41, 5.74) is 0.610. The van der Waals surface area contributed by atoms with E-state index >= 15 is 0 Å². The summed E-state index contributed by atoms with van der Waals surface area (Å²) in [6.45, 7) is 0.778. The molecular formula is C14H19FN2O3. The summed E-state index contributed by atoms with van der Waals surface area (Å²) in [5.74, 6) is 0.690. The van der Waals surface area contributed by atoms with Crippen LogP contribution in [0.25, 0.3) is 0 Å². The van der Waals surface area contributed by atoms with Gasteiger partial charge in [0.1, 0.15) is 19.0 Å². The fourth-order valence-electron chi connectivity index (χ4n) is 2.19. The molecule has 1 heterocycles. The number of urea groups is 1. The number of hydrogen-bond acceptors (Lipinski definition) is 3. The van der Waals surface area contributed by atoms with Gasteiger partial charge in [-0.05, 0) is 18.6 Å². The molecule has 1 aliphatic rings. The number of likely N-dealkylation sites (tertiary alicyclic amines) is 1. The topological polar surface area (TPSA) is 61.8 Å². The van der Waals surface area contributed by atoms with Crippen LogP contribution in [-0.2, 0) is 0 Å². The van der Waals surface area contributed by atoms with Gasteiger partial charge in [0.2, 0.25) is 0 Å². The number of carbonyl (C=O) groups is 1. The number of rotatable bonds is 5. The molecule has 110 valence electrons. The zero-order chi connectivity index (χ0) is 14.4. The maximum Gasteiger partial charge on any atom is 0.321 e. The largest absolute Gasteiger partial charge is 0.491 e. The molecule has 1 atom stereocenters. The number of hydrogen-bond donors (Lipinski definition) is 2. The predicted molar refractivity (Wildman–Crippen MR) is 73.7 cm³/mol. The lowest BCUT2D eigenvalue weighted by molar-refractivity contribution is 0.208. The second kappa shape index (κ2) is 7.09. The fourth-order valence-corrected chi connectivity index (χ4v) is 2.19. The Morgan fingerprint density at radius 3 is 3.10 bits per heavy atom. The molecule has 6 heteroatoms. The van der Waals surface area contributed by atoms with E-state index in [1.54, 1.807) is 29.2 Å². The fraction of sp³-hybridized carbons (Fsp3) is 0.500. The molecule has 20 heavy (non-hydrogen) atoms. The average molecular weight is 282 g/mol. The summed E-state index contributed by atoms with van der Waals surface area (Å²) in [4.78, 5) is 13.7. The minimum atomic E-state index is -0.549. The highest BCUT2D eigenvalue weighted by molar-refractivity contribution is 5.89. The molecule has 1 saturated heterocycles. The molecule has 2 rings (SSSR count). The Morgan fingerprint density at radius 2 is 2.40 bits per heavy atom. The van der Waals surface area contributed by atoms with Crippen molar-refractivity contribution in [3.63, 3.8) is 0 Å². The summed E-state index contributed by atoms with van der Waals surface area (Å²) in [6.07, 6.45) is 0.823. The van der Waals surface area contributed by atoms with E-state index in [1.807, 2.05) is 0 Å². The van der Waals surface area contributed by atoms with Gasteiger partial charge in [-0.3, -0.25) is 0 Å². The van der Waals surface area contributed by atoms with Crippen LogP contribution < -0.4 is 10.1 Å². The molecule has 0 bridgehead atoms. The first kappa shape index (κ1) is 14.6. The van der Waals surface area contributed by atoms with Crippen molar-refractivity contribution in [2.24, 2.45) is 5.92 Å². The van der Waals surface area contributed by atoms with Gasteiger partial charge in [-0.1, -0.05) is 6.07 Å². The number of nitrogens with one attached hydrogen (secondary N) is 1. The first-order valence-corrected chi connectivity index (χ1v) is 6.68. The Morgan fingerprint density at radius 1 is 1.55 bits per heavy atom. The molecule has 1 aromatic rings. The number of amides is 2. The van der Waals surface area contributed by atoms with Crippen molar-refractivity contribution in [3.8, 4) is 5.75 Å². The molecule has 1 aromatic carbocycles. The zero-order valence-corrected chi connectivity index (χ0v) is 11.2. The van der Waals surface area contributed by atoms with E-state index < -0.39 is 6.67 Å². The van der Waals surface area contributed by atoms with Gasteiger partial charge in [0, 0.05) is 37.4 Å². The van der Waals surface area contributed by atoms with Crippen LogP contribution in [-0.4, -0.2) is 49.0 Å². The molecule has 0 radical (unpaired) electrons. The zero-order valence-electron chi connectivity index (χ0n) is 11.2. The number of anilines is 1. The number of aliphatic hydroxyl groups is 1. The van der Waals surface area contributed by atoms with Gasteiger partial charge in [-0.25, -0.2) is 9.18 Å². The predicted octanol–water partition coefficient (Wildman–Crippen LogP) is 1.88. The van der Waals surface area contributed by atoms with Crippen molar-refractivity contribution in [1.82, 2.24) is 4.90 Å². The van der Waals surface area contributed by atoms with Gasteiger partial charge in [0.15, 0.2) is 0 Å². The third-order valence-corrected chi connectivity index (χ3v) is 3.26. The molecule has 0 aliphatic carbocycles. The lowest BCUT2D eigenvalue weighted by Gasteiger charge is -2.17. The van der Waals surface area contributed by atoms with Crippen LogP contribution in [0.3, 0.4) is 0 Å². The molecule has 0 saturated carbocycles. The quantitative estimate of drug-likeness (QED) is 0.867. The second-order valence-electron chi connectivity index (χ2n) is 4.78. The lowest BCUT2D eigenvalue weighted by atomic mass is 10.1. The number of aliphatic hydroxyl groups excluding tert-OH is 1. The molecule has 0 spiro atoms.